The number of nitro groups is 1. The number of imidazole rings is 1. The summed E-state index contributed by atoms with van der Waals surface area (Å²) in [6.07, 6.45) is 1.35. The number of ether oxygens (including phenoxy) is 1. The van der Waals surface area contributed by atoms with Gasteiger partial charge in [-0.2, -0.15) is 0 Å². The fourth-order valence-electron chi connectivity index (χ4n) is 1.68. The van der Waals surface area contributed by atoms with Crippen LogP contribution in [-0.2, 0) is 13.6 Å². The number of aromatic nitrogens is 2. The monoisotopic (exact) mass is 262 g/mol. The van der Waals surface area contributed by atoms with Crippen molar-refractivity contribution >= 4 is 5.82 Å². The van der Waals surface area contributed by atoms with Gasteiger partial charge in [-0.3, -0.25) is 4.57 Å². The van der Waals surface area contributed by atoms with E-state index in [2.05, 4.69) is 10.3 Å². The third kappa shape index (κ3) is 2.89. The average Bonchev–Trinajstić information content (AvgIpc) is 2.72. The van der Waals surface area contributed by atoms with Crippen LogP contribution in [0.25, 0.3) is 0 Å². The summed E-state index contributed by atoms with van der Waals surface area (Å²) < 4.78 is 7.03. The minimum atomic E-state index is -0.563. The van der Waals surface area contributed by atoms with Crippen LogP contribution < -0.4 is 10.1 Å². The lowest BCUT2D eigenvalue weighted by Gasteiger charge is -2.07. The molecule has 0 aliphatic rings. The average molecular weight is 262 g/mol. The van der Waals surface area contributed by atoms with Gasteiger partial charge in [0.25, 0.3) is 0 Å². The lowest BCUT2D eigenvalue weighted by atomic mass is 10.2. The van der Waals surface area contributed by atoms with Crippen molar-refractivity contribution in [2.75, 3.05) is 7.05 Å². The largest absolute Gasteiger partial charge is 0.434 e. The highest BCUT2D eigenvalue weighted by molar-refractivity contribution is 5.39. The Morgan fingerprint density at radius 2 is 2.32 bits per heavy atom. The molecule has 1 aromatic carbocycles. The van der Waals surface area contributed by atoms with Crippen molar-refractivity contribution in [3.8, 4) is 11.6 Å². The van der Waals surface area contributed by atoms with Crippen LogP contribution in [0, 0.1) is 10.1 Å². The molecule has 0 unspecified atom stereocenters. The fourth-order valence-corrected chi connectivity index (χ4v) is 1.68. The van der Waals surface area contributed by atoms with Gasteiger partial charge in [-0.1, -0.05) is 12.1 Å². The summed E-state index contributed by atoms with van der Waals surface area (Å²) in [6.45, 7) is 0.699. The molecule has 0 fully saturated rings. The van der Waals surface area contributed by atoms with Crippen molar-refractivity contribution in [3.63, 3.8) is 0 Å². The molecule has 0 saturated carbocycles. The molecule has 0 amide bonds. The maximum Gasteiger partial charge on any atom is 0.427 e. The molecule has 0 aliphatic carbocycles. The normalized spacial score (nSPS) is 10.4. The van der Waals surface area contributed by atoms with Crippen LogP contribution in [0.3, 0.4) is 0 Å². The van der Waals surface area contributed by atoms with Gasteiger partial charge >= 0.3 is 11.7 Å². The Morgan fingerprint density at radius 3 is 3.00 bits per heavy atom. The molecule has 0 spiro atoms. The summed E-state index contributed by atoms with van der Waals surface area (Å²) >= 11 is 0. The molecule has 0 atom stereocenters. The van der Waals surface area contributed by atoms with E-state index in [0.717, 1.165) is 5.56 Å². The predicted molar refractivity (Wildman–Crippen MR) is 69.1 cm³/mol. The molecule has 7 nitrogen and oxygen atoms in total. The van der Waals surface area contributed by atoms with Gasteiger partial charge in [0.1, 0.15) is 5.75 Å². The van der Waals surface area contributed by atoms with Crippen LogP contribution in [-0.4, -0.2) is 21.5 Å². The Hall–Kier alpha value is -2.41. The first-order chi connectivity index (χ1) is 9.11. The molecule has 100 valence electrons. The van der Waals surface area contributed by atoms with Gasteiger partial charge in [-0.15, -0.1) is 0 Å². The second-order valence-electron chi connectivity index (χ2n) is 4.02. The topological polar surface area (TPSA) is 82.2 Å². The van der Waals surface area contributed by atoms with E-state index in [4.69, 9.17) is 4.74 Å². The first-order valence-electron chi connectivity index (χ1n) is 5.69. The molecule has 0 bridgehead atoms. The first-order valence-corrected chi connectivity index (χ1v) is 5.69. The van der Waals surface area contributed by atoms with Crippen LogP contribution in [0.4, 0.5) is 5.82 Å². The first kappa shape index (κ1) is 13.0. The van der Waals surface area contributed by atoms with Crippen molar-refractivity contribution in [1.29, 1.82) is 0 Å². The molecule has 0 radical (unpaired) electrons. The number of nitrogens with zero attached hydrogens (tertiary/aromatic N) is 3. The van der Waals surface area contributed by atoms with Gasteiger partial charge in [-0.05, 0) is 34.7 Å². The SMILES string of the molecule is CNCc1cccc(Oc2c([N+](=O)[O-])ncn2C)c1. The molecular weight excluding hydrogens is 248 g/mol. The third-order valence-corrected chi connectivity index (χ3v) is 2.53. The van der Waals surface area contributed by atoms with E-state index in [9.17, 15) is 10.1 Å². The number of benzene rings is 1. The van der Waals surface area contributed by atoms with Crippen molar-refractivity contribution in [1.82, 2.24) is 14.9 Å². The zero-order chi connectivity index (χ0) is 13.8. The van der Waals surface area contributed by atoms with Crippen molar-refractivity contribution in [3.05, 3.63) is 46.3 Å². The predicted octanol–water partition coefficient (Wildman–Crippen LogP) is 1.84. The second-order valence-corrected chi connectivity index (χ2v) is 4.02. The minimum Gasteiger partial charge on any atom is -0.434 e. The number of rotatable bonds is 5. The Morgan fingerprint density at radius 1 is 1.53 bits per heavy atom. The van der Waals surface area contributed by atoms with E-state index in [1.807, 2.05) is 25.2 Å². The summed E-state index contributed by atoms with van der Waals surface area (Å²) in [5.41, 5.74) is 1.03. The third-order valence-electron chi connectivity index (χ3n) is 2.53. The van der Waals surface area contributed by atoms with E-state index < -0.39 is 4.92 Å². The summed E-state index contributed by atoms with van der Waals surface area (Å²) in [7, 11) is 3.49. The van der Waals surface area contributed by atoms with Crippen LogP contribution >= 0.6 is 0 Å². The molecular formula is C12H14N4O3. The van der Waals surface area contributed by atoms with E-state index in [1.165, 1.54) is 10.9 Å². The van der Waals surface area contributed by atoms with Gasteiger partial charge in [0.15, 0.2) is 0 Å². The van der Waals surface area contributed by atoms with Gasteiger partial charge < -0.3 is 20.2 Å². The lowest BCUT2D eigenvalue weighted by molar-refractivity contribution is -0.390. The standard InChI is InChI=1S/C12H14N4O3/c1-13-7-9-4-3-5-10(6-9)19-12-11(16(17)18)14-8-15(12)2/h3-6,8,13H,7H2,1-2H3. The Kier molecular flexibility index (Phi) is 3.76. The van der Waals surface area contributed by atoms with Crippen LogP contribution in [0.5, 0.6) is 11.6 Å². The zero-order valence-corrected chi connectivity index (χ0v) is 10.7. The van der Waals surface area contributed by atoms with E-state index >= 15 is 0 Å². The van der Waals surface area contributed by atoms with Crippen molar-refractivity contribution in [2.45, 2.75) is 6.54 Å². The molecule has 1 heterocycles. The van der Waals surface area contributed by atoms with E-state index in [0.29, 0.717) is 12.3 Å². The summed E-state index contributed by atoms with van der Waals surface area (Å²) in [4.78, 5) is 14.0. The van der Waals surface area contributed by atoms with E-state index in [-0.39, 0.29) is 11.7 Å². The van der Waals surface area contributed by atoms with Crippen LogP contribution in [0.15, 0.2) is 30.6 Å². The summed E-state index contributed by atoms with van der Waals surface area (Å²) in [5.74, 6) is 0.368. The maximum absolute atomic E-state index is 10.8. The highest BCUT2D eigenvalue weighted by atomic mass is 16.6. The van der Waals surface area contributed by atoms with Crippen LogP contribution in [0.1, 0.15) is 5.56 Å². The van der Waals surface area contributed by atoms with Gasteiger partial charge in [0, 0.05) is 13.6 Å². The Labute approximate surface area is 110 Å². The molecule has 1 N–H and O–H groups in total. The molecule has 2 aromatic rings. The molecule has 0 saturated heterocycles. The zero-order valence-electron chi connectivity index (χ0n) is 10.7. The molecule has 7 heteroatoms. The number of hydrogen-bond donors (Lipinski definition) is 1. The Balaban J connectivity index is 2.28. The molecule has 19 heavy (non-hydrogen) atoms. The number of aryl methyl sites for hydroxylation is 1. The fraction of sp³-hybridized carbons (Fsp3) is 0.250. The Bertz CT molecular complexity index is 594. The number of nitrogens with one attached hydrogen (secondary N) is 1. The molecule has 0 aliphatic heterocycles. The highest BCUT2D eigenvalue weighted by Crippen LogP contribution is 2.29. The van der Waals surface area contributed by atoms with Gasteiger partial charge in [0.05, 0.1) is 0 Å². The van der Waals surface area contributed by atoms with Crippen molar-refractivity contribution in [2.24, 2.45) is 7.05 Å². The molecule has 1 aromatic heterocycles. The smallest absolute Gasteiger partial charge is 0.427 e. The maximum atomic E-state index is 10.8. The molecule has 2 rings (SSSR count). The summed E-state index contributed by atoms with van der Waals surface area (Å²) in [5, 5.41) is 13.9. The quantitative estimate of drug-likeness (QED) is 0.656. The van der Waals surface area contributed by atoms with Gasteiger partial charge in [-0.25, -0.2) is 0 Å². The second kappa shape index (κ2) is 5.49. The van der Waals surface area contributed by atoms with Gasteiger partial charge in [0.2, 0.25) is 6.33 Å². The van der Waals surface area contributed by atoms with Crippen LogP contribution in [0.2, 0.25) is 0 Å². The number of hydrogen-bond acceptors (Lipinski definition) is 5. The summed E-state index contributed by atoms with van der Waals surface area (Å²) in [6, 6.07) is 7.36. The van der Waals surface area contributed by atoms with E-state index in [1.54, 1.807) is 13.1 Å². The highest BCUT2D eigenvalue weighted by Gasteiger charge is 2.22. The van der Waals surface area contributed by atoms with Crippen molar-refractivity contribution < 1.29 is 9.66 Å². The lowest BCUT2D eigenvalue weighted by Crippen LogP contribution is -2.05. The minimum absolute atomic E-state index is 0.117.